The topological polar surface area (TPSA) is 37.6 Å². The van der Waals surface area contributed by atoms with E-state index in [1.807, 2.05) is 22.6 Å². The third-order valence-corrected chi connectivity index (χ3v) is 4.86. The lowest BCUT2D eigenvalue weighted by Gasteiger charge is -2.10. The first-order valence-corrected chi connectivity index (χ1v) is 8.61. The summed E-state index contributed by atoms with van der Waals surface area (Å²) in [6.07, 6.45) is 5.24. The zero-order chi connectivity index (χ0) is 15.5. The van der Waals surface area contributed by atoms with Crippen molar-refractivity contribution in [3.63, 3.8) is 0 Å². The average molecular weight is 315 g/mol. The van der Waals surface area contributed by atoms with E-state index in [0.29, 0.717) is 0 Å². The molecule has 0 saturated carbocycles. The predicted octanol–water partition coefficient (Wildman–Crippen LogP) is 3.53. The summed E-state index contributed by atoms with van der Waals surface area (Å²) in [6.45, 7) is 5.85. The van der Waals surface area contributed by atoms with Gasteiger partial charge in [-0.05, 0) is 43.9 Å². The van der Waals surface area contributed by atoms with Gasteiger partial charge in [0.25, 0.3) is 0 Å². The number of hydrogen-bond acceptors (Lipinski definition) is 2. The van der Waals surface area contributed by atoms with E-state index in [4.69, 9.17) is 0 Å². The number of nitrogens with zero attached hydrogens (tertiary/aromatic N) is 3. The Bertz CT molecular complexity index is 721. The zero-order valence-electron chi connectivity index (χ0n) is 13.1. The maximum Gasteiger partial charge on any atom is 0.346 e. The lowest BCUT2D eigenvalue weighted by Crippen LogP contribution is -2.27. The second kappa shape index (κ2) is 6.48. The standard InChI is InChI=1S/C17H21N3OS/c1-3-14-6-8-15(9-7-14)20-12-13(2)22-17(20)18-16(21)19-10-4-5-11-19/h6-9,12H,3-5,10-11H2,1-2H3. The molecule has 2 aromatic rings. The molecule has 0 radical (unpaired) electrons. The van der Waals surface area contributed by atoms with Crippen LogP contribution in [0.4, 0.5) is 4.79 Å². The summed E-state index contributed by atoms with van der Waals surface area (Å²) in [5, 5.41) is 0. The number of benzene rings is 1. The first-order valence-electron chi connectivity index (χ1n) is 7.79. The highest BCUT2D eigenvalue weighted by Crippen LogP contribution is 2.13. The molecule has 2 heterocycles. The van der Waals surface area contributed by atoms with Crippen molar-refractivity contribution in [2.45, 2.75) is 33.1 Å². The number of aryl methyl sites for hydroxylation is 2. The summed E-state index contributed by atoms with van der Waals surface area (Å²) in [7, 11) is 0. The van der Waals surface area contributed by atoms with Crippen LogP contribution in [0.2, 0.25) is 0 Å². The molecule has 0 atom stereocenters. The second-order valence-electron chi connectivity index (χ2n) is 5.60. The summed E-state index contributed by atoms with van der Waals surface area (Å²) >= 11 is 1.56. The molecule has 1 aliphatic heterocycles. The number of carbonyl (C=O) groups is 1. The Kier molecular flexibility index (Phi) is 4.43. The number of likely N-dealkylation sites (tertiary alicyclic amines) is 1. The van der Waals surface area contributed by atoms with Crippen molar-refractivity contribution in [1.29, 1.82) is 0 Å². The molecular weight excluding hydrogens is 294 g/mol. The van der Waals surface area contributed by atoms with Gasteiger partial charge < -0.3 is 4.90 Å². The molecule has 1 saturated heterocycles. The third kappa shape index (κ3) is 3.14. The van der Waals surface area contributed by atoms with E-state index in [-0.39, 0.29) is 6.03 Å². The Labute approximate surface area is 134 Å². The smallest absolute Gasteiger partial charge is 0.323 e. The largest absolute Gasteiger partial charge is 0.346 e. The Morgan fingerprint density at radius 3 is 2.55 bits per heavy atom. The number of carbonyl (C=O) groups excluding carboxylic acids is 1. The van der Waals surface area contributed by atoms with Gasteiger partial charge in [0.2, 0.25) is 0 Å². The monoisotopic (exact) mass is 315 g/mol. The van der Waals surface area contributed by atoms with E-state index in [0.717, 1.165) is 47.7 Å². The number of aromatic nitrogens is 1. The molecule has 4 nitrogen and oxygen atoms in total. The van der Waals surface area contributed by atoms with E-state index in [2.05, 4.69) is 36.2 Å². The highest BCUT2D eigenvalue weighted by atomic mass is 32.1. The van der Waals surface area contributed by atoms with E-state index in [1.54, 1.807) is 11.3 Å². The summed E-state index contributed by atoms with van der Waals surface area (Å²) in [5.41, 5.74) is 2.36. The Hall–Kier alpha value is -1.88. The molecule has 1 aromatic heterocycles. The number of rotatable bonds is 2. The molecular formula is C17H21N3OS. The average Bonchev–Trinajstić information content (AvgIpc) is 3.17. The van der Waals surface area contributed by atoms with Crippen molar-refractivity contribution in [2.24, 2.45) is 4.99 Å². The van der Waals surface area contributed by atoms with Gasteiger partial charge in [-0.1, -0.05) is 19.1 Å². The van der Waals surface area contributed by atoms with Gasteiger partial charge in [-0.3, -0.25) is 4.57 Å². The first kappa shape index (κ1) is 15.0. The van der Waals surface area contributed by atoms with Crippen LogP contribution in [0.1, 0.15) is 30.2 Å². The lowest BCUT2D eigenvalue weighted by molar-refractivity contribution is 0.218. The van der Waals surface area contributed by atoms with Crippen LogP contribution in [0.15, 0.2) is 35.5 Å². The molecule has 0 N–H and O–H groups in total. The fourth-order valence-electron chi connectivity index (χ4n) is 2.67. The summed E-state index contributed by atoms with van der Waals surface area (Å²) in [4.78, 5) is 20.3. The van der Waals surface area contributed by atoms with Crippen LogP contribution in [0.3, 0.4) is 0 Å². The summed E-state index contributed by atoms with van der Waals surface area (Å²) < 4.78 is 2.01. The molecule has 1 fully saturated rings. The van der Waals surface area contributed by atoms with Crippen LogP contribution in [0, 0.1) is 6.92 Å². The molecule has 116 valence electrons. The van der Waals surface area contributed by atoms with Gasteiger partial charge in [0, 0.05) is 29.9 Å². The van der Waals surface area contributed by atoms with Crippen molar-refractivity contribution >= 4 is 17.4 Å². The molecule has 5 heteroatoms. The SMILES string of the molecule is CCc1ccc(-n2cc(C)sc2=NC(=O)N2CCCC2)cc1. The van der Waals surface area contributed by atoms with Crippen molar-refractivity contribution in [2.75, 3.05) is 13.1 Å². The van der Waals surface area contributed by atoms with Crippen LogP contribution in [0.25, 0.3) is 5.69 Å². The van der Waals surface area contributed by atoms with E-state index in [9.17, 15) is 4.79 Å². The zero-order valence-corrected chi connectivity index (χ0v) is 13.9. The van der Waals surface area contributed by atoms with E-state index >= 15 is 0 Å². The fraction of sp³-hybridized carbons (Fsp3) is 0.412. The maximum absolute atomic E-state index is 12.3. The number of hydrogen-bond donors (Lipinski definition) is 0. The van der Waals surface area contributed by atoms with Gasteiger partial charge in [-0.2, -0.15) is 4.99 Å². The summed E-state index contributed by atoms with van der Waals surface area (Å²) in [5.74, 6) is 0. The number of urea groups is 1. The lowest BCUT2D eigenvalue weighted by atomic mass is 10.1. The van der Waals surface area contributed by atoms with E-state index < -0.39 is 0 Å². The normalized spacial score (nSPS) is 15.5. The van der Waals surface area contributed by atoms with Crippen LogP contribution >= 0.6 is 11.3 Å². The van der Waals surface area contributed by atoms with Crippen molar-refractivity contribution in [1.82, 2.24) is 9.47 Å². The molecule has 22 heavy (non-hydrogen) atoms. The molecule has 3 rings (SSSR count). The van der Waals surface area contributed by atoms with Gasteiger partial charge >= 0.3 is 6.03 Å². The minimum absolute atomic E-state index is 0.113. The summed E-state index contributed by atoms with van der Waals surface area (Å²) in [6, 6.07) is 8.32. The Morgan fingerprint density at radius 2 is 1.91 bits per heavy atom. The van der Waals surface area contributed by atoms with Crippen LogP contribution in [-0.2, 0) is 6.42 Å². The molecule has 0 spiro atoms. The van der Waals surface area contributed by atoms with Crippen molar-refractivity contribution in [3.8, 4) is 5.69 Å². The molecule has 1 aliphatic rings. The quantitative estimate of drug-likeness (QED) is 0.835. The Morgan fingerprint density at radius 1 is 1.23 bits per heavy atom. The van der Waals surface area contributed by atoms with Gasteiger partial charge in [0.1, 0.15) is 0 Å². The highest BCUT2D eigenvalue weighted by molar-refractivity contribution is 7.09. The van der Waals surface area contributed by atoms with Crippen molar-refractivity contribution in [3.05, 3.63) is 45.7 Å². The predicted molar refractivity (Wildman–Crippen MR) is 89.5 cm³/mol. The Balaban J connectivity index is 1.96. The van der Waals surface area contributed by atoms with Gasteiger partial charge in [-0.15, -0.1) is 11.3 Å². The molecule has 2 amide bonds. The first-order chi connectivity index (χ1) is 10.7. The third-order valence-electron chi connectivity index (χ3n) is 3.96. The number of thiazole rings is 1. The van der Waals surface area contributed by atoms with Gasteiger partial charge in [0.15, 0.2) is 4.80 Å². The molecule has 1 aromatic carbocycles. The van der Waals surface area contributed by atoms with Gasteiger partial charge in [0.05, 0.1) is 0 Å². The van der Waals surface area contributed by atoms with Crippen molar-refractivity contribution < 1.29 is 4.79 Å². The van der Waals surface area contributed by atoms with Gasteiger partial charge in [-0.25, -0.2) is 4.79 Å². The maximum atomic E-state index is 12.3. The molecule has 0 aliphatic carbocycles. The highest BCUT2D eigenvalue weighted by Gasteiger charge is 2.17. The van der Waals surface area contributed by atoms with Crippen LogP contribution < -0.4 is 4.80 Å². The van der Waals surface area contributed by atoms with Crippen LogP contribution in [0.5, 0.6) is 0 Å². The van der Waals surface area contributed by atoms with Crippen LogP contribution in [-0.4, -0.2) is 28.6 Å². The second-order valence-corrected chi connectivity index (χ2v) is 6.82. The molecule has 0 unspecified atom stereocenters. The number of amides is 2. The minimum atomic E-state index is -0.113. The van der Waals surface area contributed by atoms with E-state index in [1.165, 1.54) is 5.56 Å². The fourth-order valence-corrected chi connectivity index (χ4v) is 3.50. The minimum Gasteiger partial charge on any atom is -0.323 e. The molecule has 0 bridgehead atoms.